The van der Waals surface area contributed by atoms with E-state index in [1.54, 1.807) is 0 Å². The Morgan fingerprint density at radius 2 is 1.39 bits per heavy atom. The molecule has 1 N–H and O–H groups in total. The molecule has 3 aromatic rings. The second kappa shape index (κ2) is 7.81. The molecule has 0 spiro atoms. The molecule has 0 saturated heterocycles. The third kappa shape index (κ3) is 3.61. The van der Waals surface area contributed by atoms with Crippen molar-refractivity contribution in [3.8, 4) is 0 Å². The van der Waals surface area contributed by atoms with Gasteiger partial charge < -0.3 is 0 Å². The van der Waals surface area contributed by atoms with Gasteiger partial charge in [-0.05, 0) is 30.0 Å². The lowest BCUT2D eigenvalue weighted by Crippen LogP contribution is -2.26. The van der Waals surface area contributed by atoms with Gasteiger partial charge in [0.25, 0.3) is 0 Å². The van der Waals surface area contributed by atoms with E-state index in [1.807, 2.05) is 61.5 Å². The van der Waals surface area contributed by atoms with Crippen LogP contribution >= 0.6 is 0 Å². The minimum Gasteiger partial charge on any atom is -0.273 e. The quantitative estimate of drug-likeness (QED) is 0.496. The van der Waals surface area contributed by atoms with Crippen molar-refractivity contribution in [1.82, 2.24) is 5.43 Å². The smallest absolute Gasteiger partial charge is 0.244 e. The van der Waals surface area contributed by atoms with E-state index in [1.165, 1.54) is 16.7 Å². The van der Waals surface area contributed by atoms with Crippen LogP contribution in [0.2, 0.25) is 0 Å². The van der Waals surface area contributed by atoms with Crippen LogP contribution in [0.5, 0.6) is 0 Å². The second-order valence-electron chi connectivity index (χ2n) is 7.45. The molecule has 0 heterocycles. The van der Waals surface area contributed by atoms with Gasteiger partial charge in [0, 0.05) is 17.5 Å². The first-order valence-corrected chi connectivity index (χ1v) is 9.68. The summed E-state index contributed by atoms with van der Waals surface area (Å²) in [6, 6.07) is 30.8. The lowest BCUT2D eigenvalue weighted by Gasteiger charge is -2.18. The maximum atomic E-state index is 12.9. The molecule has 1 atom stereocenters. The van der Waals surface area contributed by atoms with Gasteiger partial charge in [-0.1, -0.05) is 91.0 Å². The average molecular weight is 368 g/mol. The summed E-state index contributed by atoms with van der Waals surface area (Å²) in [5, 5.41) is 4.35. The highest BCUT2D eigenvalue weighted by molar-refractivity contribution is 5.89. The number of rotatable bonds is 6. The summed E-state index contributed by atoms with van der Waals surface area (Å²) < 4.78 is 0. The van der Waals surface area contributed by atoms with Crippen LogP contribution in [0.4, 0.5) is 0 Å². The van der Waals surface area contributed by atoms with Crippen molar-refractivity contribution in [3.63, 3.8) is 0 Å². The van der Waals surface area contributed by atoms with Crippen molar-refractivity contribution >= 4 is 11.6 Å². The van der Waals surface area contributed by atoms with Gasteiger partial charge in [-0.15, -0.1) is 0 Å². The lowest BCUT2D eigenvalue weighted by atomic mass is 9.85. The van der Waals surface area contributed by atoms with Gasteiger partial charge in [-0.2, -0.15) is 5.10 Å². The molecule has 3 nitrogen and oxygen atoms in total. The van der Waals surface area contributed by atoms with Gasteiger partial charge in [0.1, 0.15) is 0 Å². The van der Waals surface area contributed by atoms with E-state index in [0.29, 0.717) is 0 Å². The molecule has 1 saturated carbocycles. The highest BCUT2D eigenvalue weighted by atomic mass is 16.2. The second-order valence-corrected chi connectivity index (χ2v) is 7.45. The highest BCUT2D eigenvalue weighted by Crippen LogP contribution is 2.58. The summed E-state index contributed by atoms with van der Waals surface area (Å²) in [5.74, 6) is -0.120. The van der Waals surface area contributed by atoms with E-state index < -0.39 is 0 Å². The van der Waals surface area contributed by atoms with Gasteiger partial charge in [0.15, 0.2) is 0 Å². The van der Waals surface area contributed by atoms with Gasteiger partial charge in [0.2, 0.25) is 5.91 Å². The Morgan fingerprint density at radius 1 is 0.893 bits per heavy atom. The first-order chi connectivity index (χ1) is 13.7. The molecule has 1 aliphatic rings. The van der Waals surface area contributed by atoms with E-state index in [0.717, 1.165) is 18.6 Å². The molecule has 3 aromatic carbocycles. The minimum absolute atomic E-state index is 0.0138. The first-order valence-electron chi connectivity index (χ1n) is 9.68. The maximum absolute atomic E-state index is 12.9. The summed E-state index contributed by atoms with van der Waals surface area (Å²) in [6.07, 6.45) is 1.54. The number of hydrogen-bond donors (Lipinski definition) is 1. The predicted octanol–water partition coefficient (Wildman–Crippen LogP) is 4.73. The van der Waals surface area contributed by atoms with Crippen molar-refractivity contribution < 1.29 is 4.79 Å². The molecule has 4 rings (SSSR count). The van der Waals surface area contributed by atoms with Crippen LogP contribution < -0.4 is 5.43 Å². The van der Waals surface area contributed by atoms with Crippen molar-refractivity contribution in [3.05, 3.63) is 108 Å². The summed E-state index contributed by atoms with van der Waals surface area (Å²) in [7, 11) is 0. The number of hydrazone groups is 1. The largest absolute Gasteiger partial charge is 0.273 e. The van der Waals surface area contributed by atoms with Crippen LogP contribution in [0.25, 0.3) is 0 Å². The van der Waals surface area contributed by atoms with Crippen LogP contribution in [0, 0.1) is 5.92 Å². The van der Waals surface area contributed by atoms with Crippen LogP contribution in [0.3, 0.4) is 0 Å². The fourth-order valence-electron chi connectivity index (χ4n) is 4.01. The van der Waals surface area contributed by atoms with Gasteiger partial charge in [-0.25, -0.2) is 5.43 Å². The molecule has 0 bridgehead atoms. The molecule has 1 aliphatic carbocycles. The van der Waals surface area contributed by atoms with Crippen LogP contribution in [0.15, 0.2) is 96.1 Å². The molecule has 1 amide bonds. The Hall–Kier alpha value is -3.20. The molecule has 0 aromatic heterocycles. The number of carbonyl (C=O) groups excluding carboxylic acids is 1. The Kier molecular flexibility index (Phi) is 5.07. The molecule has 0 radical (unpaired) electrons. The van der Waals surface area contributed by atoms with Gasteiger partial charge in [0.05, 0.1) is 5.92 Å². The molecule has 28 heavy (non-hydrogen) atoms. The van der Waals surface area contributed by atoms with E-state index >= 15 is 0 Å². The molecular weight excluding hydrogens is 344 g/mol. The minimum atomic E-state index is -0.255. The number of benzene rings is 3. The standard InChI is InChI=1S/C25H24N2O/c1-19(17-20-11-5-2-6-12-20)26-27-24(28)23-18-25(23,21-13-7-3-8-14-21)22-15-9-4-10-16-22/h2-16,23H,17-18H2,1H3,(H,27,28)/b26-19-/t23-/m1/s1. The normalized spacial score (nSPS) is 17.8. The van der Waals surface area contributed by atoms with Crippen molar-refractivity contribution in [2.75, 3.05) is 0 Å². The number of nitrogens with zero attached hydrogens (tertiary/aromatic N) is 1. The zero-order valence-corrected chi connectivity index (χ0v) is 16.0. The van der Waals surface area contributed by atoms with Crippen molar-refractivity contribution in [1.29, 1.82) is 0 Å². The summed E-state index contributed by atoms with van der Waals surface area (Å²) >= 11 is 0. The first kappa shape index (κ1) is 18.2. The summed E-state index contributed by atoms with van der Waals surface area (Å²) in [5.41, 5.74) is 7.01. The third-order valence-electron chi connectivity index (χ3n) is 5.51. The number of amides is 1. The van der Waals surface area contributed by atoms with Gasteiger partial charge >= 0.3 is 0 Å². The molecule has 0 unspecified atom stereocenters. The Bertz CT molecular complexity index is 926. The zero-order chi connectivity index (χ0) is 19.4. The Labute approximate surface area is 166 Å². The molecule has 0 aliphatic heterocycles. The topological polar surface area (TPSA) is 41.5 Å². The van der Waals surface area contributed by atoms with E-state index in [9.17, 15) is 4.79 Å². The van der Waals surface area contributed by atoms with Crippen molar-refractivity contribution in [2.45, 2.75) is 25.2 Å². The fourth-order valence-corrected chi connectivity index (χ4v) is 4.01. The van der Waals surface area contributed by atoms with Crippen LogP contribution in [-0.2, 0) is 16.6 Å². The molecule has 3 heteroatoms. The Morgan fingerprint density at radius 3 is 1.93 bits per heavy atom. The van der Waals surface area contributed by atoms with Crippen LogP contribution in [-0.4, -0.2) is 11.6 Å². The van der Waals surface area contributed by atoms with E-state index in [-0.39, 0.29) is 17.2 Å². The number of carbonyl (C=O) groups is 1. The summed E-state index contributed by atoms with van der Waals surface area (Å²) in [4.78, 5) is 12.9. The van der Waals surface area contributed by atoms with Gasteiger partial charge in [-0.3, -0.25) is 4.79 Å². The third-order valence-corrected chi connectivity index (χ3v) is 5.51. The summed E-state index contributed by atoms with van der Waals surface area (Å²) in [6.45, 7) is 1.95. The predicted molar refractivity (Wildman–Crippen MR) is 113 cm³/mol. The molecule has 1 fully saturated rings. The SMILES string of the molecule is C/C(Cc1ccccc1)=N/NC(=O)[C@H]1CC1(c1ccccc1)c1ccccc1. The highest BCUT2D eigenvalue weighted by Gasteiger charge is 2.60. The molecule has 140 valence electrons. The van der Waals surface area contributed by atoms with E-state index in [4.69, 9.17) is 0 Å². The maximum Gasteiger partial charge on any atom is 0.244 e. The van der Waals surface area contributed by atoms with Crippen LogP contribution in [0.1, 0.15) is 30.0 Å². The monoisotopic (exact) mass is 368 g/mol. The Balaban J connectivity index is 1.51. The van der Waals surface area contributed by atoms with E-state index in [2.05, 4.69) is 46.9 Å². The number of nitrogens with one attached hydrogen (secondary N) is 1. The zero-order valence-electron chi connectivity index (χ0n) is 16.0. The fraction of sp³-hybridized carbons (Fsp3) is 0.200. The molecular formula is C25H24N2O. The lowest BCUT2D eigenvalue weighted by molar-refractivity contribution is -0.122. The van der Waals surface area contributed by atoms with Crippen molar-refractivity contribution in [2.24, 2.45) is 11.0 Å². The number of hydrogen-bond acceptors (Lipinski definition) is 2. The average Bonchev–Trinajstić information content (AvgIpc) is 3.51.